The Labute approximate surface area is 121 Å². The molecule has 0 saturated carbocycles. The highest BCUT2D eigenvalue weighted by atomic mass is 16.5. The SMILES string of the molecule is CCCCCOc1ccc(CNCCC(=O)OC)cc1. The van der Waals surface area contributed by atoms with Crippen LogP contribution in [0.3, 0.4) is 0 Å². The minimum absolute atomic E-state index is 0.187. The third-order valence-electron chi connectivity index (χ3n) is 3.00. The van der Waals surface area contributed by atoms with Crippen molar-refractivity contribution in [2.75, 3.05) is 20.3 Å². The van der Waals surface area contributed by atoms with Crippen molar-refractivity contribution in [1.82, 2.24) is 5.32 Å². The van der Waals surface area contributed by atoms with Gasteiger partial charge in [0.15, 0.2) is 0 Å². The molecule has 0 saturated heterocycles. The molecule has 0 amide bonds. The quantitative estimate of drug-likeness (QED) is 0.528. The molecule has 0 radical (unpaired) electrons. The zero-order valence-corrected chi connectivity index (χ0v) is 12.5. The van der Waals surface area contributed by atoms with E-state index in [0.29, 0.717) is 13.0 Å². The van der Waals surface area contributed by atoms with Crippen LogP contribution in [-0.2, 0) is 16.1 Å². The molecular formula is C16H25NO3. The van der Waals surface area contributed by atoms with E-state index in [2.05, 4.69) is 17.0 Å². The molecule has 4 nitrogen and oxygen atoms in total. The van der Waals surface area contributed by atoms with Crippen LogP contribution < -0.4 is 10.1 Å². The normalized spacial score (nSPS) is 10.3. The number of hydrogen-bond donors (Lipinski definition) is 1. The van der Waals surface area contributed by atoms with Gasteiger partial charge in [0.2, 0.25) is 0 Å². The smallest absolute Gasteiger partial charge is 0.306 e. The maximum absolute atomic E-state index is 10.9. The van der Waals surface area contributed by atoms with E-state index in [1.54, 1.807) is 0 Å². The van der Waals surface area contributed by atoms with Crippen molar-refractivity contribution in [2.24, 2.45) is 0 Å². The third kappa shape index (κ3) is 7.14. The molecule has 1 aromatic rings. The summed E-state index contributed by atoms with van der Waals surface area (Å²) in [6.45, 7) is 4.33. The van der Waals surface area contributed by atoms with Crippen LogP contribution in [0.5, 0.6) is 5.75 Å². The van der Waals surface area contributed by atoms with Crippen LogP contribution in [0.15, 0.2) is 24.3 Å². The van der Waals surface area contributed by atoms with E-state index in [4.69, 9.17) is 4.74 Å². The number of esters is 1. The lowest BCUT2D eigenvalue weighted by Gasteiger charge is -2.07. The van der Waals surface area contributed by atoms with E-state index in [0.717, 1.165) is 25.3 Å². The molecule has 0 aliphatic heterocycles. The number of unbranched alkanes of at least 4 members (excludes halogenated alkanes) is 2. The molecule has 4 heteroatoms. The van der Waals surface area contributed by atoms with E-state index in [-0.39, 0.29) is 5.97 Å². The maximum Gasteiger partial charge on any atom is 0.306 e. The predicted octanol–water partition coefficient (Wildman–Crippen LogP) is 2.91. The fourth-order valence-electron chi connectivity index (χ4n) is 1.77. The highest BCUT2D eigenvalue weighted by Crippen LogP contribution is 2.12. The second kappa shape index (κ2) is 10.3. The van der Waals surface area contributed by atoms with Gasteiger partial charge in [-0.15, -0.1) is 0 Å². The number of ether oxygens (including phenoxy) is 2. The lowest BCUT2D eigenvalue weighted by molar-refractivity contribution is -0.140. The number of rotatable bonds is 10. The fraction of sp³-hybridized carbons (Fsp3) is 0.562. The van der Waals surface area contributed by atoms with Gasteiger partial charge in [-0.25, -0.2) is 0 Å². The lowest BCUT2D eigenvalue weighted by atomic mass is 10.2. The number of methoxy groups -OCH3 is 1. The molecule has 0 aromatic heterocycles. The topological polar surface area (TPSA) is 47.6 Å². The molecule has 0 atom stereocenters. The van der Waals surface area contributed by atoms with Crippen molar-refractivity contribution in [3.63, 3.8) is 0 Å². The fourth-order valence-corrected chi connectivity index (χ4v) is 1.77. The molecule has 0 spiro atoms. The first kappa shape index (κ1) is 16.5. The molecule has 0 fully saturated rings. The Balaban J connectivity index is 2.19. The van der Waals surface area contributed by atoms with Gasteiger partial charge in [0.05, 0.1) is 20.1 Å². The first-order valence-electron chi connectivity index (χ1n) is 7.25. The van der Waals surface area contributed by atoms with Crippen molar-refractivity contribution < 1.29 is 14.3 Å². The van der Waals surface area contributed by atoms with Crippen LogP contribution in [-0.4, -0.2) is 26.2 Å². The summed E-state index contributed by atoms with van der Waals surface area (Å²) in [5.74, 6) is 0.729. The van der Waals surface area contributed by atoms with Crippen LogP contribution >= 0.6 is 0 Å². The molecule has 0 bridgehead atoms. The molecule has 112 valence electrons. The number of carbonyl (C=O) groups excluding carboxylic acids is 1. The Morgan fingerprint density at radius 3 is 2.60 bits per heavy atom. The summed E-state index contributed by atoms with van der Waals surface area (Å²) in [5, 5.41) is 3.20. The van der Waals surface area contributed by atoms with Gasteiger partial charge in [-0.1, -0.05) is 31.9 Å². The zero-order valence-electron chi connectivity index (χ0n) is 12.5. The summed E-state index contributed by atoms with van der Waals surface area (Å²) < 4.78 is 10.2. The largest absolute Gasteiger partial charge is 0.494 e. The standard InChI is InChI=1S/C16H25NO3/c1-3-4-5-12-20-15-8-6-14(7-9-15)13-17-11-10-16(18)19-2/h6-9,17H,3-5,10-13H2,1-2H3. The predicted molar refractivity (Wildman–Crippen MR) is 79.8 cm³/mol. The van der Waals surface area contributed by atoms with Gasteiger partial charge in [-0.2, -0.15) is 0 Å². The molecule has 0 heterocycles. The first-order valence-corrected chi connectivity index (χ1v) is 7.25. The molecule has 0 aliphatic rings. The van der Waals surface area contributed by atoms with Crippen LogP contribution in [0.1, 0.15) is 38.2 Å². The van der Waals surface area contributed by atoms with Crippen LogP contribution in [0.4, 0.5) is 0 Å². The van der Waals surface area contributed by atoms with Crippen LogP contribution in [0.25, 0.3) is 0 Å². The zero-order chi connectivity index (χ0) is 14.6. The van der Waals surface area contributed by atoms with Gasteiger partial charge >= 0.3 is 5.97 Å². The van der Waals surface area contributed by atoms with Crippen LogP contribution in [0, 0.1) is 0 Å². The van der Waals surface area contributed by atoms with Crippen molar-refractivity contribution in [3.05, 3.63) is 29.8 Å². The molecule has 0 aliphatic carbocycles. The summed E-state index contributed by atoms with van der Waals surface area (Å²) in [4.78, 5) is 10.9. The molecule has 20 heavy (non-hydrogen) atoms. The Hall–Kier alpha value is -1.55. The lowest BCUT2D eigenvalue weighted by Crippen LogP contribution is -2.18. The Bertz CT molecular complexity index is 376. The molecule has 1 aromatic carbocycles. The monoisotopic (exact) mass is 279 g/mol. The summed E-state index contributed by atoms with van der Waals surface area (Å²) in [7, 11) is 1.40. The summed E-state index contributed by atoms with van der Waals surface area (Å²) in [5.41, 5.74) is 1.18. The van der Waals surface area contributed by atoms with E-state index in [1.165, 1.54) is 25.5 Å². The number of hydrogen-bond acceptors (Lipinski definition) is 4. The number of benzene rings is 1. The Kier molecular flexibility index (Phi) is 8.47. The van der Waals surface area contributed by atoms with E-state index in [9.17, 15) is 4.79 Å². The first-order chi connectivity index (χ1) is 9.76. The van der Waals surface area contributed by atoms with Crippen molar-refractivity contribution >= 4 is 5.97 Å². The highest BCUT2D eigenvalue weighted by Gasteiger charge is 1.99. The molecule has 1 rings (SSSR count). The Morgan fingerprint density at radius 2 is 1.95 bits per heavy atom. The second-order valence-electron chi connectivity index (χ2n) is 4.70. The van der Waals surface area contributed by atoms with Gasteiger partial charge in [-0.3, -0.25) is 4.79 Å². The Morgan fingerprint density at radius 1 is 1.20 bits per heavy atom. The van der Waals surface area contributed by atoms with E-state index in [1.807, 2.05) is 24.3 Å². The molecule has 0 unspecified atom stereocenters. The molecule has 1 N–H and O–H groups in total. The van der Waals surface area contributed by atoms with E-state index < -0.39 is 0 Å². The minimum atomic E-state index is -0.187. The van der Waals surface area contributed by atoms with Gasteiger partial charge in [0, 0.05) is 13.1 Å². The van der Waals surface area contributed by atoms with Gasteiger partial charge < -0.3 is 14.8 Å². The second-order valence-corrected chi connectivity index (χ2v) is 4.70. The third-order valence-corrected chi connectivity index (χ3v) is 3.00. The van der Waals surface area contributed by atoms with E-state index >= 15 is 0 Å². The van der Waals surface area contributed by atoms with Crippen molar-refractivity contribution in [2.45, 2.75) is 39.2 Å². The summed E-state index contributed by atoms with van der Waals surface area (Å²) >= 11 is 0. The minimum Gasteiger partial charge on any atom is -0.494 e. The summed E-state index contributed by atoms with van der Waals surface area (Å²) in [6.07, 6.45) is 3.92. The van der Waals surface area contributed by atoms with Crippen molar-refractivity contribution in [1.29, 1.82) is 0 Å². The van der Waals surface area contributed by atoms with Gasteiger partial charge in [-0.05, 0) is 24.1 Å². The summed E-state index contributed by atoms with van der Waals surface area (Å²) in [6, 6.07) is 8.06. The maximum atomic E-state index is 10.9. The van der Waals surface area contributed by atoms with Crippen molar-refractivity contribution in [3.8, 4) is 5.75 Å². The number of carbonyl (C=O) groups is 1. The average molecular weight is 279 g/mol. The van der Waals surface area contributed by atoms with Gasteiger partial charge in [0.1, 0.15) is 5.75 Å². The highest BCUT2D eigenvalue weighted by molar-refractivity contribution is 5.69. The number of nitrogens with one attached hydrogen (secondary N) is 1. The van der Waals surface area contributed by atoms with Gasteiger partial charge in [0.25, 0.3) is 0 Å². The molecular weight excluding hydrogens is 254 g/mol. The average Bonchev–Trinajstić information content (AvgIpc) is 2.49. The van der Waals surface area contributed by atoms with Crippen LogP contribution in [0.2, 0.25) is 0 Å².